The summed E-state index contributed by atoms with van der Waals surface area (Å²) in [5, 5.41) is 4.82. The van der Waals surface area contributed by atoms with Crippen molar-refractivity contribution in [2.45, 2.75) is 27.3 Å². The van der Waals surface area contributed by atoms with Gasteiger partial charge in [-0.25, -0.2) is 14.3 Å². The fourth-order valence-electron chi connectivity index (χ4n) is 2.69. The zero-order chi connectivity index (χ0) is 16.7. The van der Waals surface area contributed by atoms with E-state index in [1.807, 2.05) is 6.07 Å². The third-order valence-corrected chi connectivity index (χ3v) is 3.71. The Hall–Kier alpha value is -2.70. The minimum atomic E-state index is -0.488. The number of methoxy groups -OCH3 is 1. The number of carbonyl (C=O) groups is 1. The van der Waals surface area contributed by atoms with Gasteiger partial charge >= 0.3 is 5.97 Å². The van der Waals surface area contributed by atoms with E-state index in [0.717, 1.165) is 0 Å². The highest BCUT2D eigenvalue weighted by atomic mass is 16.5. The largest absolute Gasteiger partial charge is 0.465 e. The first-order valence-corrected chi connectivity index (χ1v) is 7.39. The summed E-state index contributed by atoms with van der Waals surface area (Å²) in [6.45, 7) is 6.46. The number of aryl methyl sites for hydroxylation is 1. The van der Waals surface area contributed by atoms with E-state index in [0.29, 0.717) is 40.3 Å². The van der Waals surface area contributed by atoms with Crippen LogP contribution in [0.5, 0.6) is 0 Å². The fourth-order valence-corrected chi connectivity index (χ4v) is 2.69. The van der Waals surface area contributed by atoms with E-state index in [2.05, 4.69) is 23.9 Å². The highest BCUT2D eigenvalue weighted by Crippen LogP contribution is 2.18. The molecule has 0 spiro atoms. The van der Waals surface area contributed by atoms with Crippen LogP contribution in [0.3, 0.4) is 0 Å². The summed E-state index contributed by atoms with van der Waals surface area (Å²) in [5.41, 5.74) is 1.74. The number of fused-ring (bicyclic) bond motifs is 3. The summed E-state index contributed by atoms with van der Waals surface area (Å²) in [7, 11) is 1.32. The number of hydrogen-bond acceptors (Lipinski definition) is 5. The van der Waals surface area contributed by atoms with Crippen LogP contribution < -0.4 is 5.56 Å². The van der Waals surface area contributed by atoms with Crippen LogP contribution in [-0.4, -0.2) is 32.2 Å². The molecular formula is C16H18N4O3. The minimum absolute atomic E-state index is 0.113. The lowest BCUT2D eigenvalue weighted by Gasteiger charge is -2.10. The summed E-state index contributed by atoms with van der Waals surface area (Å²) >= 11 is 0. The van der Waals surface area contributed by atoms with Crippen molar-refractivity contribution in [3.8, 4) is 0 Å². The van der Waals surface area contributed by atoms with E-state index in [-0.39, 0.29) is 5.56 Å². The molecule has 7 heteroatoms. The predicted octanol–water partition coefficient (Wildman–Crippen LogP) is 1.80. The lowest BCUT2D eigenvalue weighted by atomic mass is 10.2. The number of aromatic nitrogens is 4. The monoisotopic (exact) mass is 314 g/mol. The first kappa shape index (κ1) is 15.2. The molecule has 3 aromatic heterocycles. The number of rotatable bonds is 3. The maximum atomic E-state index is 12.6. The van der Waals surface area contributed by atoms with Crippen molar-refractivity contribution < 1.29 is 9.53 Å². The van der Waals surface area contributed by atoms with Crippen LogP contribution in [0.25, 0.3) is 16.6 Å². The van der Waals surface area contributed by atoms with Crippen LogP contribution in [0, 0.1) is 12.8 Å². The molecule has 0 bridgehead atoms. The molecule has 3 rings (SSSR count). The molecule has 0 atom stereocenters. The van der Waals surface area contributed by atoms with Gasteiger partial charge in [-0.3, -0.25) is 4.79 Å². The SMILES string of the molecule is COC(=O)c1c(C)nn2c1ncc1c(=O)n(CC(C)C)ccc12. The van der Waals surface area contributed by atoms with Crippen molar-refractivity contribution in [2.75, 3.05) is 7.11 Å². The molecule has 0 N–H and O–H groups in total. The molecule has 7 nitrogen and oxygen atoms in total. The smallest absolute Gasteiger partial charge is 0.343 e. The summed E-state index contributed by atoms with van der Waals surface area (Å²) in [6, 6.07) is 1.82. The van der Waals surface area contributed by atoms with E-state index >= 15 is 0 Å². The fraction of sp³-hybridized carbons (Fsp3) is 0.375. The van der Waals surface area contributed by atoms with Crippen molar-refractivity contribution in [2.24, 2.45) is 5.92 Å². The van der Waals surface area contributed by atoms with Crippen molar-refractivity contribution in [1.29, 1.82) is 0 Å². The average molecular weight is 314 g/mol. The topological polar surface area (TPSA) is 78.5 Å². The summed E-state index contributed by atoms with van der Waals surface area (Å²) in [4.78, 5) is 28.8. The van der Waals surface area contributed by atoms with E-state index in [1.165, 1.54) is 17.8 Å². The van der Waals surface area contributed by atoms with Gasteiger partial charge in [-0.15, -0.1) is 0 Å². The molecule has 0 aliphatic carbocycles. The second kappa shape index (κ2) is 5.49. The maximum Gasteiger partial charge on any atom is 0.343 e. The van der Waals surface area contributed by atoms with Gasteiger partial charge in [0.25, 0.3) is 5.56 Å². The minimum Gasteiger partial charge on any atom is -0.465 e. The van der Waals surface area contributed by atoms with Crippen LogP contribution in [0.4, 0.5) is 0 Å². The molecule has 0 saturated carbocycles. The molecule has 120 valence electrons. The first-order chi connectivity index (χ1) is 10.9. The second-order valence-electron chi connectivity index (χ2n) is 5.91. The van der Waals surface area contributed by atoms with E-state index in [9.17, 15) is 9.59 Å². The zero-order valence-corrected chi connectivity index (χ0v) is 13.5. The van der Waals surface area contributed by atoms with Gasteiger partial charge in [-0.1, -0.05) is 13.8 Å². The van der Waals surface area contributed by atoms with Crippen molar-refractivity contribution in [3.63, 3.8) is 0 Å². The van der Waals surface area contributed by atoms with Gasteiger partial charge in [0.15, 0.2) is 5.65 Å². The van der Waals surface area contributed by atoms with Crippen LogP contribution in [0.1, 0.15) is 29.9 Å². The van der Waals surface area contributed by atoms with Crippen LogP contribution in [0.2, 0.25) is 0 Å². The van der Waals surface area contributed by atoms with Crippen molar-refractivity contribution in [3.05, 3.63) is 40.1 Å². The van der Waals surface area contributed by atoms with Gasteiger partial charge in [0.1, 0.15) is 5.56 Å². The van der Waals surface area contributed by atoms with Gasteiger partial charge in [0.05, 0.1) is 23.7 Å². The third kappa shape index (κ3) is 2.38. The molecule has 0 aromatic carbocycles. The van der Waals surface area contributed by atoms with Gasteiger partial charge < -0.3 is 9.30 Å². The second-order valence-corrected chi connectivity index (χ2v) is 5.91. The van der Waals surface area contributed by atoms with Crippen LogP contribution in [0.15, 0.2) is 23.3 Å². The van der Waals surface area contributed by atoms with Crippen LogP contribution >= 0.6 is 0 Å². The van der Waals surface area contributed by atoms with Gasteiger partial charge in [0.2, 0.25) is 0 Å². The lowest BCUT2D eigenvalue weighted by molar-refractivity contribution is 0.0602. The van der Waals surface area contributed by atoms with Crippen LogP contribution in [-0.2, 0) is 11.3 Å². The summed E-state index contributed by atoms with van der Waals surface area (Å²) in [6.07, 6.45) is 3.25. The first-order valence-electron chi connectivity index (χ1n) is 7.39. The van der Waals surface area contributed by atoms with Gasteiger partial charge in [-0.2, -0.15) is 5.10 Å². The van der Waals surface area contributed by atoms with Gasteiger partial charge in [-0.05, 0) is 18.9 Å². The Bertz CT molecular complexity index is 969. The van der Waals surface area contributed by atoms with E-state index < -0.39 is 5.97 Å². The molecule has 0 radical (unpaired) electrons. The highest BCUT2D eigenvalue weighted by Gasteiger charge is 2.20. The normalized spacial score (nSPS) is 11.5. The molecule has 3 heterocycles. The quantitative estimate of drug-likeness (QED) is 0.689. The number of pyridine rings is 1. The van der Waals surface area contributed by atoms with E-state index in [4.69, 9.17) is 4.74 Å². The standard InChI is InChI=1S/C16H18N4O3/c1-9(2)8-19-6-5-12-11(15(19)21)7-17-14-13(16(22)23-4)10(3)18-20(12)14/h5-7,9H,8H2,1-4H3. The molecule has 0 unspecified atom stereocenters. The number of ether oxygens (including phenoxy) is 1. The number of esters is 1. The Morgan fingerprint density at radius 3 is 2.78 bits per heavy atom. The van der Waals surface area contributed by atoms with E-state index in [1.54, 1.807) is 17.7 Å². The lowest BCUT2D eigenvalue weighted by Crippen LogP contribution is -2.22. The molecule has 0 aliphatic rings. The summed E-state index contributed by atoms with van der Waals surface area (Å²) < 4.78 is 7.97. The molecule has 3 aromatic rings. The Labute approximate surface area is 132 Å². The molecule has 0 aliphatic heterocycles. The predicted molar refractivity (Wildman–Crippen MR) is 85.7 cm³/mol. The Morgan fingerprint density at radius 2 is 2.13 bits per heavy atom. The highest BCUT2D eigenvalue weighted by molar-refractivity contribution is 5.98. The Kier molecular flexibility index (Phi) is 3.63. The maximum absolute atomic E-state index is 12.6. The third-order valence-electron chi connectivity index (χ3n) is 3.71. The number of hydrogen-bond donors (Lipinski definition) is 0. The van der Waals surface area contributed by atoms with Gasteiger partial charge in [0, 0.05) is 18.9 Å². The molecular weight excluding hydrogens is 296 g/mol. The molecule has 0 amide bonds. The van der Waals surface area contributed by atoms with Crippen molar-refractivity contribution >= 4 is 22.5 Å². The zero-order valence-electron chi connectivity index (χ0n) is 13.5. The molecule has 0 saturated heterocycles. The Morgan fingerprint density at radius 1 is 1.39 bits per heavy atom. The summed E-state index contributed by atoms with van der Waals surface area (Å²) in [5.74, 6) is -0.128. The molecule has 23 heavy (non-hydrogen) atoms. The average Bonchev–Trinajstić information content (AvgIpc) is 2.85. The van der Waals surface area contributed by atoms with Crippen molar-refractivity contribution in [1.82, 2.24) is 19.2 Å². The number of nitrogens with zero attached hydrogens (tertiary/aromatic N) is 4. The Balaban J connectivity index is 2.31. The number of carbonyl (C=O) groups excluding carboxylic acids is 1. The molecule has 0 fully saturated rings.